The zero-order valence-corrected chi connectivity index (χ0v) is 25.5. The quantitative estimate of drug-likeness (QED) is 0.0936. The molecule has 2 aromatic heterocycles. The summed E-state index contributed by atoms with van der Waals surface area (Å²) < 4.78 is 21.7. The maximum Gasteiger partial charge on any atom is 0.311 e. The number of halogens is 1. The van der Waals surface area contributed by atoms with Crippen LogP contribution >= 0.6 is 12.4 Å². The summed E-state index contributed by atoms with van der Waals surface area (Å²) in [6.07, 6.45) is -1.03. The first-order chi connectivity index (χ1) is 22.9. The third-order valence-electron chi connectivity index (χ3n) is 7.06. The van der Waals surface area contributed by atoms with Gasteiger partial charge in [0.1, 0.15) is 56.5 Å². The first-order valence-corrected chi connectivity index (χ1v) is 13.9. The molecule has 49 heavy (non-hydrogen) atoms. The number of ether oxygens (including phenoxy) is 2. The second kappa shape index (κ2) is 13.2. The Bertz CT molecular complexity index is 2240. The molecule has 14 nitrogen and oxygen atoms in total. The molecule has 0 spiro atoms. The molecule has 0 aliphatic rings. The summed E-state index contributed by atoms with van der Waals surface area (Å²) >= 11 is 0. The lowest BCUT2D eigenvalue weighted by Gasteiger charge is -2.10. The molecule has 0 radical (unpaired) electrons. The molecule has 2 heterocycles. The van der Waals surface area contributed by atoms with Gasteiger partial charge in [-0.1, -0.05) is 0 Å². The van der Waals surface area contributed by atoms with Crippen LogP contribution in [0.25, 0.3) is 44.6 Å². The number of esters is 2. The van der Waals surface area contributed by atoms with Gasteiger partial charge in [0.05, 0.1) is 12.8 Å². The molecule has 250 valence electrons. The Morgan fingerprint density at radius 2 is 0.918 bits per heavy atom. The van der Waals surface area contributed by atoms with E-state index in [1.807, 2.05) is 0 Å². The van der Waals surface area contributed by atoms with Crippen LogP contribution in [0.4, 0.5) is 0 Å². The van der Waals surface area contributed by atoms with E-state index >= 15 is 0 Å². The van der Waals surface area contributed by atoms with Crippen molar-refractivity contribution < 1.29 is 58.5 Å². The summed E-state index contributed by atoms with van der Waals surface area (Å²) in [7, 11) is 0. The molecule has 4 aromatic carbocycles. The smallest absolute Gasteiger partial charge is 0.311 e. The maximum absolute atomic E-state index is 12.6. The average molecular weight is 691 g/mol. The van der Waals surface area contributed by atoms with Crippen LogP contribution in [0, 0.1) is 0 Å². The highest BCUT2D eigenvalue weighted by Gasteiger charge is 2.19. The Morgan fingerprint density at radius 1 is 0.531 bits per heavy atom. The van der Waals surface area contributed by atoms with Crippen LogP contribution in [0.2, 0.25) is 0 Å². The highest BCUT2D eigenvalue weighted by molar-refractivity contribution is 5.87. The number of rotatable bonds is 7. The van der Waals surface area contributed by atoms with Gasteiger partial charge in [-0.05, 0) is 36.4 Å². The number of carbonyl (C=O) groups excluding carboxylic acids is 2. The number of hydrogen-bond acceptors (Lipinski definition) is 14. The van der Waals surface area contributed by atoms with E-state index in [1.165, 1.54) is 36.4 Å². The van der Waals surface area contributed by atoms with E-state index < -0.39 is 58.6 Å². The van der Waals surface area contributed by atoms with E-state index in [9.17, 15) is 49.8 Å². The molecule has 0 aliphatic carbocycles. The van der Waals surface area contributed by atoms with Crippen molar-refractivity contribution in [3.05, 3.63) is 93.2 Å². The fourth-order valence-corrected chi connectivity index (χ4v) is 4.84. The topological polar surface area (TPSA) is 234 Å². The monoisotopic (exact) mass is 690 g/mol. The molecule has 0 saturated carbocycles. The molecule has 0 unspecified atom stereocenters. The van der Waals surface area contributed by atoms with Crippen molar-refractivity contribution in [2.45, 2.75) is 12.8 Å². The summed E-state index contributed by atoms with van der Waals surface area (Å²) in [5.74, 6) is -5.13. The van der Waals surface area contributed by atoms with Crippen LogP contribution in [0.3, 0.4) is 0 Å². The van der Waals surface area contributed by atoms with Gasteiger partial charge in [-0.15, -0.1) is 12.4 Å². The molecule has 0 bridgehead atoms. The highest BCUT2D eigenvalue weighted by Crippen LogP contribution is 2.36. The number of fused-ring (bicyclic) bond motifs is 2. The predicted octanol–water partition coefficient (Wildman–Crippen LogP) is 5.18. The Balaban J connectivity index is 0.00000468. The zero-order valence-electron chi connectivity index (χ0n) is 24.7. The SMILES string of the molecule is Cl.O=C(CCC(=O)Oc1cc(-c2cc(=O)c3c(O)cc(O)cc3o2)ccc1O)Oc1cc(-c2cc(=O)c3c(O)cc(O)cc3o2)ccc1O. The summed E-state index contributed by atoms with van der Waals surface area (Å²) in [6, 6.07) is 13.9. The number of phenols is 6. The van der Waals surface area contributed by atoms with Gasteiger partial charge in [-0.25, -0.2) is 0 Å². The van der Waals surface area contributed by atoms with Crippen molar-refractivity contribution in [3.63, 3.8) is 0 Å². The summed E-state index contributed by atoms with van der Waals surface area (Å²) in [5, 5.41) is 59.7. The highest BCUT2D eigenvalue weighted by atomic mass is 35.5. The summed E-state index contributed by atoms with van der Waals surface area (Å²) in [4.78, 5) is 50.3. The molecular weight excluding hydrogens is 668 g/mol. The molecule has 15 heteroatoms. The molecule has 0 saturated heterocycles. The standard InChI is InChI=1S/C34H22O14.ClH/c35-17-9-21(39)33-23(41)13-25(45-29(33)11-17)15-1-3-19(37)27(7-15)47-31(43)5-6-32(44)48-28-8-16(2-4-20(28)38)26-14-24(42)34-22(40)10-18(36)12-30(34)46-26;/h1-4,7-14,35-40H,5-6H2;1H. The van der Waals surface area contributed by atoms with Crippen molar-refractivity contribution in [1.29, 1.82) is 0 Å². The van der Waals surface area contributed by atoms with Crippen molar-refractivity contribution in [3.8, 4) is 68.6 Å². The van der Waals surface area contributed by atoms with Crippen molar-refractivity contribution >= 4 is 46.3 Å². The van der Waals surface area contributed by atoms with Gasteiger partial charge in [-0.3, -0.25) is 19.2 Å². The Hall–Kier alpha value is -6.67. The third-order valence-corrected chi connectivity index (χ3v) is 7.06. The van der Waals surface area contributed by atoms with E-state index in [1.54, 1.807) is 0 Å². The van der Waals surface area contributed by atoms with Crippen LogP contribution in [0.5, 0.6) is 46.0 Å². The Morgan fingerprint density at radius 3 is 1.31 bits per heavy atom. The minimum absolute atomic E-state index is 0. The van der Waals surface area contributed by atoms with Gasteiger partial charge < -0.3 is 48.9 Å². The van der Waals surface area contributed by atoms with Crippen LogP contribution in [-0.2, 0) is 9.59 Å². The van der Waals surface area contributed by atoms with Crippen LogP contribution in [0.1, 0.15) is 12.8 Å². The van der Waals surface area contributed by atoms with E-state index in [4.69, 9.17) is 18.3 Å². The lowest BCUT2D eigenvalue weighted by atomic mass is 10.1. The Kier molecular flexibility index (Phi) is 9.08. The molecule has 6 N–H and O–H groups in total. The van der Waals surface area contributed by atoms with Gasteiger partial charge in [0.2, 0.25) is 0 Å². The molecule has 0 amide bonds. The van der Waals surface area contributed by atoms with Gasteiger partial charge in [-0.2, -0.15) is 0 Å². The summed E-state index contributed by atoms with van der Waals surface area (Å²) in [6.45, 7) is 0. The predicted molar refractivity (Wildman–Crippen MR) is 174 cm³/mol. The van der Waals surface area contributed by atoms with E-state index in [0.29, 0.717) is 0 Å². The first-order valence-electron chi connectivity index (χ1n) is 13.9. The number of carbonyl (C=O) groups is 2. The second-order valence-corrected chi connectivity index (χ2v) is 10.4. The lowest BCUT2D eigenvalue weighted by molar-refractivity contribution is -0.140. The van der Waals surface area contributed by atoms with Crippen LogP contribution in [-0.4, -0.2) is 42.6 Å². The average Bonchev–Trinajstić information content (AvgIpc) is 3.01. The van der Waals surface area contributed by atoms with Gasteiger partial charge >= 0.3 is 11.9 Å². The second-order valence-electron chi connectivity index (χ2n) is 10.4. The number of phenolic OH excluding ortho intramolecular Hbond substituents is 6. The minimum atomic E-state index is -0.948. The van der Waals surface area contributed by atoms with E-state index in [0.717, 1.165) is 36.4 Å². The van der Waals surface area contributed by atoms with Gasteiger partial charge in [0, 0.05) is 47.5 Å². The summed E-state index contributed by atoms with van der Waals surface area (Å²) in [5.41, 5.74) is -1.06. The van der Waals surface area contributed by atoms with Crippen molar-refractivity contribution in [2.24, 2.45) is 0 Å². The fourth-order valence-electron chi connectivity index (χ4n) is 4.84. The molecular formula is C34H23ClO14. The third kappa shape index (κ3) is 6.89. The lowest BCUT2D eigenvalue weighted by Crippen LogP contribution is -2.14. The molecule has 6 rings (SSSR count). The molecule has 0 aliphatic heterocycles. The minimum Gasteiger partial charge on any atom is -0.508 e. The van der Waals surface area contributed by atoms with E-state index in [-0.39, 0.29) is 80.0 Å². The molecule has 0 fully saturated rings. The first kappa shape index (κ1) is 33.7. The largest absolute Gasteiger partial charge is 0.508 e. The maximum atomic E-state index is 12.6. The Labute approximate surface area is 279 Å². The van der Waals surface area contributed by atoms with E-state index in [2.05, 4.69) is 0 Å². The number of aromatic hydroxyl groups is 6. The molecule has 0 atom stereocenters. The number of hydrogen-bond donors (Lipinski definition) is 6. The molecule has 6 aromatic rings. The van der Waals surface area contributed by atoms with Crippen LogP contribution in [0.15, 0.2) is 91.2 Å². The van der Waals surface area contributed by atoms with Crippen molar-refractivity contribution in [2.75, 3.05) is 0 Å². The van der Waals surface area contributed by atoms with Gasteiger partial charge in [0.15, 0.2) is 33.9 Å². The number of benzene rings is 4. The van der Waals surface area contributed by atoms with Gasteiger partial charge in [0.25, 0.3) is 0 Å². The van der Waals surface area contributed by atoms with Crippen LogP contribution < -0.4 is 20.3 Å². The zero-order chi connectivity index (χ0) is 34.3. The van der Waals surface area contributed by atoms with Crippen molar-refractivity contribution in [1.82, 2.24) is 0 Å². The fraction of sp³-hybridized carbons (Fsp3) is 0.0588. The normalized spacial score (nSPS) is 10.9.